The Kier molecular flexibility index (Phi) is 3.25. The molecule has 1 aromatic carbocycles. The van der Waals surface area contributed by atoms with Gasteiger partial charge in [0, 0.05) is 17.8 Å². The average molecular weight is 269 g/mol. The van der Waals surface area contributed by atoms with Crippen molar-refractivity contribution in [3.8, 4) is 5.75 Å². The van der Waals surface area contributed by atoms with Crippen LogP contribution in [0.3, 0.4) is 0 Å². The number of hydrogen-bond donors (Lipinski definition) is 1. The summed E-state index contributed by atoms with van der Waals surface area (Å²) >= 11 is 0. The van der Waals surface area contributed by atoms with E-state index in [9.17, 15) is 0 Å². The molecule has 20 heavy (non-hydrogen) atoms. The molecule has 0 radical (unpaired) electrons. The molecule has 0 saturated carbocycles. The van der Waals surface area contributed by atoms with Crippen LogP contribution in [0.5, 0.6) is 5.75 Å². The van der Waals surface area contributed by atoms with Gasteiger partial charge in [-0.3, -0.25) is 0 Å². The normalized spacial score (nSPS) is 12.3. The Balaban J connectivity index is 1.90. The Bertz CT molecular complexity index is 709. The summed E-state index contributed by atoms with van der Waals surface area (Å²) in [4.78, 5) is 8.29. The summed E-state index contributed by atoms with van der Waals surface area (Å²) in [6.45, 7) is 2.00. The van der Waals surface area contributed by atoms with E-state index in [1.165, 1.54) is 0 Å². The molecule has 5 heteroatoms. The zero-order valence-electron chi connectivity index (χ0n) is 11.3. The van der Waals surface area contributed by atoms with Gasteiger partial charge in [0.25, 0.3) is 0 Å². The topological polar surface area (TPSA) is 60.2 Å². The van der Waals surface area contributed by atoms with Crippen LogP contribution in [-0.2, 0) is 0 Å². The Morgan fingerprint density at radius 2 is 2.00 bits per heavy atom. The monoisotopic (exact) mass is 269 g/mol. The molecule has 1 atom stereocenters. The summed E-state index contributed by atoms with van der Waals surface area (Å²) in [5.74, 6) is 2.13. The maximum Gasteiger partial charge on any atom is 0.223 e. The third kappa shape index (κ3) is 2.30. The predicted molar refractivity (Wildman–Crippen MR) is 76.8 cm³/mol. The van der Waals surface area contributed by atoms with E-state index < -0.39 is 0 Å². The summed E-state index contributed by atoms with van der Waals surface area (Å²) in [7, 11) is 1.64. The van der Waals surface area contributed by atoms with Crippen LogP contribution < -0.4 is 10.1 Å². The van der Waals surface area contributed by atoms with Gasteiger partial charge in [-0.15, -0.1) is 0 Å². The van der Waals surface area contributed by atoms with Crippen LogP contribution in [0.15, 0.2) is 47.1 Å². The Morgan fingerprint density at radius 3 is 2.75 bits per heavy atom. The molecule has 0 aliphatic rings. The highest BCUT2D eigenvalue weighted by molar-refractivity contribution is 5.83. The van der Waals surface area contributed by atoms with Crippen molar-refractivity contribution in [2.45, 2.75) is 13.0 Å². The molecule has 0 saturated heterocycles. The lowest BCUT2D eigenvalue weighted by atomic mass is 10.2. The zero-order chi connectivity index (χ0) is 13.9. The largest absolute Gasteiger partial charge is 0.493 e. The van der Waals surface area contributed by atoms with E-state index in [0.29, 0.717) is 5.95 Å². The molecular formula is C15H15N3O2. The van der Waals surface area contributed by atoms with Crippen molar-refractivity contribution < 1.29 is 9.15 Å². The van der Waals surface area contributed by atoms with E-state index >= 15 is 0 Å². The molecule has 3 rings (SSSR count). The van der Waals surface area contributed by atoms with Crippen LogP contribution in [0, 0.1) is 0 Å². The summed E-state index contributed by atoms with van der Waals surface area (Å²) in [6.07, 6.45) is 3.40. The van der Waals surface area contributed by atoms with Crippen molar-refractivity contribution in [2.24, 2.45) is 0 Å². The van der Waals surface area contributed by atoms with Crippen molar-refractivity contribution in [1.29, 1.82) is 0 Å². The fourth-order valence-electron chi connectivity index (χ4n) is 2.07. The van der Waals surface area contributed by atoms with Gasteiger partial charge < -0.3 is 14.5 Å². The molecular weight excluding hydrogens is 254 g/mol. The highest BCUT2D eigenvalue weighted by atomic mass is 16.5. The lowest BCUT2D eigenvalue weighted by molar-refractivity contribution is 0.406. The minimum atomic E-state index is -0.0329. The molecule has 2 heterocycles. The zero-order valence-corrected chi connectivity index (χ0v) is 11.3. The number of aromatic nitrogens is 2. The first-order valence-corrected chi connectivity index (χ1v) is 6.38. The van der Waals surface area contributed by atoms with Crippen LogP contribution in [0.2, 0.25) is 0 Å². The van der Waals surface area contributed by atoms with Crippen LogP contribution in [0.1, 0.15) is 18.7 Å². The molecule has 3 aromatic rings. The summed E-state index contributed by atoms with van der Waals surface area (Å²) < 4.78 is 11.2. The van der Waals surface area contributed by atoms with E-state index in [4.69, 9.17) is 9.15 Å². The number of fused-ring (bicyclic) bond motifs is 1. The van der Waals surface area contributed by atoms with Gasteiger partial charge in [-0.05, 0) is 25.1 Å². The quantitative estimate of drug-likeness (QED) is 0.786. The molecule has 0 amide bonds. The van der Waals surface area contributed by atoms with E-state index in [0.717, 1.165) is 22.5 Å². The first-order chi connectivity index (χ1) is 9.78. The minimum absolute atomic E-state index is 0.0329. The molecule has 1 unspecified atom stereocenters. The maximum atomic E-state index is 5.88. The van der Waals surface area contributed by atoms with Crippen LogP contribution in [0.4, 0.5) is 5.95 Å². The fourth-order valence-corrected chi connectivity index (χ4v) is 2.07. The van der Waals surface area contributed by atoms with Gasteiger partial charge in [0.2, 0.25) is 5.95 Å². The summed E-state index contributed by atoms with van der Waals surface area (Å²) in [5, 5.41) is 4.22. The van der Waals surface area contributed by atoms with Crippen molar-refractivity contribution >= 4 is 16.9 Å². The van der Waals surface area contributed by atoms with Crippen LogP contribution in [0.25, 0.3) is 11.0 Å². The number of furan rings is 1. The average Bonchev–Trinajstić information content (AvgIpc) is 2.92. The number of hydrogen-bond acceptors (Lipinski definition) is 5. The van der Waals surface area contributed by atoms with E-state index in [1.807, 2.05) is 31.2 Å². The Morgan fingerprint density at radius 1 is 1.20 bits per heavy atom. The number of anilines is 1. The van der Waals surface area contributed by atoms with Crippen LogP contribution >= 0.6 is 0 Å². The SMILES string of the molecule is COc1cccc2cc(C(C)Nc3ncccn3)oc12. The second kappa shape index (κ2) is 5.21. The molecule has 0 aliphatic heterocycles. The number of rotatable bonds is 4. The van der Waals surface area contributed by atoms with Gasteiger partial charge in [0.05, 0.1) is 13.2 Å². The second-order valence-electron chi connectivity index (χ2n) is 4.47. The predicted octanol–water partition coefficient (Wildman–Crippen LogP) is 3.40. The highest BCUT2D eigenvalue weighted by Gasteiger charge is 2.14. The number of methoxy groups -OCH3 is 1. The van der Waals surface area contributed by atoms with Gasteiger partial charge in [0.1, 0.15) is 5.76 Å². The van der Waals surface area contributed by atoms with E-state index in [1.54, 1.807) is 25.6 Å². The third-order valence-corrected chi connectivity index (χ3v) is 3.09. The molecule has 0 spiro atoms. The Labute approximate surface area is 116 Å². The van der Waals surface area contributed by atoms with Gasteiger partial charge in [-0.1, -0.05) is 12.1 Å². The Hall–Kier alpha value is -2.56. The molecule has 102 valence electrons. The van der Waals surface area contributed by atoms with Crippen molar-refractivity contribution in [3.05, 3.63) is 48.5 Å². The number of para-hydroxylation sites is 1. The van der Waals surface area contributed by atoms with Crippen LogP contribution in [-0.4, -0.2) is 17.1 Å². The highest BCUT2D eigenvalue weighted by Crippen LogP contribution is 2.31. The lowest BCUT2D eigenvalue weighted by Crippen LogP contribution is -2.08. The smallest absolute Gasteiger partial charge is 0.223 e. The summed E-state index contributed by atoms with van der Waals surface area (Å²) in [6, 6.07) is 9.57. The van der Waals surface area contributed by atoms with Crippen molar-refractivity contribution in [1.82, 2.24) is 9.97 Å². The standard InChI is InChI=1S/C15H15N3O2/c1-10(18-15-16-7-4-8-17-15)13-9-11-5-3-6-12(19-2)14(11)20-13/h3-10H,1-2H3,(H,16,17,18). The van der Waals surface area contributed by atoms with Crippen molar-refractivity contribution in [2.75, 3.05) is 12.4 Å². The minimum Gasteiger partial charge on any atom is -0.493 e. The number of ether oxygens (including phenoxy) is 1. The first-order valence-electron chi connectivity index (χ1n) is 6.38. The molecule has 0 bridgehead atoms. The van der Waals surface area contributed by atoms with E-state index in [2.05, 4.69) is 15.3 Å². The molecule has 1 N–H and O–H groups in total. The molecule has 5 nitrogen and oxygen atoms in total. The molecule has 0 aliphatic carbocycles. The summed E-state index contributed by atoms with van der Waals surface area (Å²) in [5.41, 5.74) is 0.757. The molecule has 0 fully saturated rings. The maximum absolute atomic E-state index is 5.88. The number of benzene rings is 1. The lowest BCUT2D eigenvalue weighted by Gasteiger charge is -2.10. The first kappa shape index (κ1) is 12.5. The van der Waals surface area contributed by atoms with E-state index in [-0.39, 0.29) is 6.04 Å². The van der Waals surface area contributed by atoms with Gasteiger partial charge >= 0.3 is 0 Å². The molecule has 2 aromatic heterocycles. The fraction of sp³-hybridized carbons (Fsp3) is 0.200. The van der Waals surface area contributed by atoms with Gasteiger partial charge in [-0.25, -0.2) is 9.97 Å². The third-order valence-electron chi connectivity index (χ3n) is 3.09. The number of nitrogens with one attached hydrogen (secondary N) is 1. The van der Waals surface area contributed by atoms with Crippen molar-refractivity contribution in [3.63, 3.8) is 0 Å². The number of nitrogens with zero attached hydrogens (tertiary/aromatic N) is 2. The van der Waals surface area contributed by atoms with Gasteiger partial charge in [0.15, 0.2) is 11.3 Å². The van der Waals surface area contributed by atoms with Gasteiger partial charge in [-0.2, -0.15) is 0 Å². The second-order valence-corrected chi connectivity index (χ2v) is 4.47.